The van der Waals surface area contributed by atoms with Crippen LogP contribution in [-0.2, 0) is 13.0 Å². The van der Waals surface area contributed by atoms with Gasteiger partial charge in [-0.3, -0.25) is 9.78 Å². The Morgan fingerprint density at radius 3 is 2.75 bits per heavy atom. The molecular formula is C26H28N4O2. The zero-order valence-electron chi connectivity index (χ0n) is 18.3. The van der Waals surface area contributed by atoms with E-state index in [1.165, 1.54) is 5.56 Å². The standard InChI is InChI=1S/C26H28N4O2/c1-20-9-6-10-21(19-20)32-18-8-17-30-24-13-3-2-11-22(24)29-25(30)14-7-16-28-26(31)23-12-4-5-15-27-23/h2-6,9-13,15,19H,7-8,14,16-18H2,1H3,(H,28,31). The molecule has 6 heteroatoms. The summed E-state index contributed by atoms with van der Waals surface area (Å²) in [5.41, 5.74) is 3.77. The van der Waals surface area contributed by atoms with Gasteiger partial charge in [-0.15, -0.1) is 0 Å². The first-order valence-electron chi connectivity index (χ1n) is 11.0. The summed E-state index contributed by atoms with van der Waals surface area (Å²) in [4.78, 5) is 21.1. The lowest BCUT2D eigenvalue weighted by Crippen LogP contribution is -2.25. The lowest BCUT2D eigenvalue weighted by atomic mass is 10.2. The summed E-state index contributed by atoms with van der Waals surface area (Å²) in [5, 5.41) is 2.94. The zero-order chi connectivity index (χ0) is 22.2. The summed E-state index contributed by atoms with van der Waals surface area (Å²) >= 11 is 0. The molecule has 0 saturated heterocycles. The van der Waals surface area contributed by atoms with Crippen LogP contribution < -0.4 is 10.1 Å². The highest BCUT2D eigenvalue weighted by molar-refractivity contribution is 5.92. The maximum atomic E-state index is 12.2. The van der Waals surface area contributed by atoms with Crippen LogP contribution in [0.25, 0.3) is 11.0 Å². The molecule has 4 rings (SSSR count). The van der Waals surface area contributed by atoms with Gasteiger partial charge in [-0.25, -0.2) is 4.98 Å². The van der Waals surface area contributed by atoms with Crippen molar-refractivity contribution in [1.29, 1.82) is 0 Å². The van der Waals surface area contributed by atoms with Gasteiger partial charge < -0.3 is 14.6 Å². The Morgan fingerprint density at radius 2 is 1.91 bits per heavy atom. The molecule has 0 saturated carbocycles. The maximum absolute atomic E-state index is 12.2. The van der Waals surface area contributed by atoms with Crippen LogP contribution >= 0.6 is 0 Å². The van der Waals surface area contributed by atoms with Crippen molar-refractivity contribution in [2.45, 2.75) is 32.7 Å². The number of benzene rings is 2. The van der Waals surface area contributed by atoms with Gasteiger partial charge in [0, 0.05) is 25.7 Å². The Hall–Kier alpha value is -3.67. The number of aromatic nitrogens is 3. The quantitative estimate of drug-likeness (QED) is 0.376. The number of amides is 1. The van der Waals surface area contributed by atoms with Crippen molar-refractivity contribution in [1.82, 2.24) is 19.9 Å². The minimum Gasteiger partial charge on any atom is -0.494 e. The number of fused-ring (bicyclic) bond motifs is 1. The molecule has 0 fully saturated rings. The van der Waals surface area contributed by atoms with E-state index in [0.29, 0.717) is 18.8 Å². The highest BCUT2D eigenvalue weighted by Crippen LogP contribution is 2.18. The number of ether oxygens (including phenoxy) is 1. The van der Waals surface area contributed by atoms with E-state index in [4.69, 9.17) is 9.72 Å². The number of nitrogens with zero attached hydrogens (tertiary/aromatic N) is 3. The van der Waals surface area contributed by atoms with Crippen LogP contribution in [0.4, 0.5) is 0 Å². The second-order valence-electron chi connectivity index (χ2n) is 7.76. The van der Waals surface area contributed by atoms with Crippen molar-refractivity contribution in [3.05, 3.63) is 90.0 Å². The van der Waals surface area contributed by atoms with E-state index in [9.17, 15) is 4.79 Å². The van der Waals surface area contributed by atoms with E-state index < -0.39 is 0 Å². The molecule has 2 aromatic carbocycles. The van der Waals surface area contributed by atoms with Gasteiger partial charge in [0.1, 0.15) is 17.3 Å². The maximum Gasteiger partial charge on any atom is 0.269 e. The largest absolute Gasteiger partial charge is 0.494 e. The van der Waals surface area contributed by atoms with E-state index in [0.717, 1.165) is 48.4 Å². The molecule has 4 aromatic rings. The molecule has 0 radical (unpaired) electrons. The Balaban J connectivity index is 1.33. The van der Waals surface area contributed by atoms with E-state index in [-0.39, 0.29) is 5.91 Å². The van der Waals surface area contributed by atoms with Crippen molar-refractivity contribution >= 4 is 16.9 Å². The predicted octanol–water partition coefficient (Wildman–Crippen LogP) is 4.57. The van der Waals surface area contributed by atoms with Crippen molar-refractivity contribution in [2.75, 3.05) is 13.2 Å². The summed E-state index contributed by atoms with van der Waals surface area (Å²) in [5.74, 6) is 1.80. The van der Waals surface area contributed by atoms with Crippen LogP contribution in [0, 0.1) is 6.92 Å². The number of carbonyl (C=O) groups excluding carboxylic acids is 1. The predicted molar refractivity (Wildman–Crippen MR) is 126 cm³/mol. The number of para-hydroxylation sites is 2. The van der Waals surface area contributed by atoms with Gasteiger partial charge in [0.25, 0.3) is 5.91 Å². The average Bonchev–Trinajstić information content (AvgIpc) is 3.17. The fourth-order valence-corrected chi connectivity index (χ4v) is 3.72. The first kappa shape index (κ1) is 21.6. The SMILES string of the molecule is Cc1cccc(OCCCn2c(CCCNC(=O)c3ccccn3)nc3ccccc32)c1. The number of hydrogen-bond donors (Lipinski definition) is 1. The van der Waals surface area contributed by atoms with Crippen LogP contribution in [0.1, 0.15) is 34.7 Å². The van der Waals surface area contributed by atoms with Crippen molar-refractivity contribution in [3.8, 4) is 5.75 Å². The molecule has 0 bridgehead atoms. The Bertz CT molecular complexity index is 1170. The molecule has 2 heterocycles. The Labute approximate surface area is 188 Å². The minimum absolute atomic E-state index is 0.146. The summed E-state index contributed by atoms with van der Waals surface area (Å²) in [6, 6.07) is 21.7. The van der Waals surface area contributed by atoms with Gasteiger partial charge in [0.15, 0.2) is 0 Å². The number of aryl methyl sites for hydroxylation is 3. The second kappa shape index (κ2) is 10.6. The number of pyridine rings is 1. The first-order chi connectivity index (χ1) is 15.7. The summed E-state index contributed by atoms with van der Waals surface area (Å²) < 4.78 is 8.19. The fourth-order valence-electron chi connectivity index (χ4n) is 3.72. The normalized spacial score (nSPS) is 10.9. The smallest absolute Gasteiger partial charge is 0.269 e. The molecule has 1 N–H and O–H groups in total. The van der Waals surface area contributed by atoms with Gasteiger partial charge in [-0.05, 0) is 61.7 Å². The van der Waals surface area contributed by atoms with Crippen LogP contribution in [0.15, 0.2) is 72.9 Å². The third-order valence-electron chi connectivity index (χ3n) is 5.28. The summed E-state index contributed by atoms with van der Waals surface area (Å²) in [6.07, 6.45) is 4.11. The molecule has 2 aromatic heterocycles. The highest BCUT2D eigenvalue weighted by atomic mass is 16.5. The number of carbonyl (C=O) groups is 1. The molecular weight excluding hydrogens is 400 g/mol. The lowest BCUT2D eigenvalue weighted by molar-refractivity contribution is 0.0948. The van der Waals surface area contributed by atoms with Crippen LogP contribution in [0.3, 0.4) is 0 Å². The van der Waals surface area contributed by atoms with Gasteiger partial charge in [-0.2, -0.15) is 0 Å². The van der Waals surface area contributed by atoms with Gasteiger partial charge >= 0.3 is 0 Å². The molecule has 0 aliphatic heterocycles. The third-order valence-corrected chi connectivity index (χ3v) is 5.28. The van der Waals surface area contributed by atoms with Gasteiger partial charge in [-0.1, -0.05) is 30.3 Å². The van der Waals surface area contributed by atoms with Crippen molar-refractivity contribution in [2.24, 2.45) is 0 Å². The molecule has 164 valence electrons. The van der Waals surface area contributed by atoms with E-state index in [1.54, 1.807) is 18.3 Å². The fraction of sp³-hybridized carbons (Fsp3) is 0.269. The van der Waals surface area contributed by atoms with E-state index >= 15 is 0 Å². The van der Waals surface area contributed by atoms with Gasteiger partial charge in [0.2, 0.25) is 0 Å². The zero-order valence-corrected chi connectivity index (χ0v) is 18.3. The molecule has 0 atom stereocenters. The van der Waals surface area contributed by atoms with E-state index in [2.05, 4.69) is 40.0 Å². The highest BCUT2D eigenvalue weighted by Gasteiger charge is 2.11. The molecule has 0 aliphatic carbocycles. The van der Waals surface area contributed by atoms with Crippen LogP contribution in [0.5, 0.6) is 5.75 Å². The molecule has 32 heavy (non-hydrogen) atoms. The molecule has 6 nitrogen and oxygen atoms in total. The molecule has 1 amide bonds. The van der Waals surface area contributed by atoms with Crippen molar-refractivity contribution < 1.29 is 9.53 Å². The summed E-state index contributed by atoms with van der Waals surface area (Å²) in [6.45, 7) is 4.13. The van der Waals surface area contributed by atoms with Gasteiger partial charge in [0.05, 0.1) is 17.6 Å². The minimum atomic E-state index is -0.146. The summed E-state index contributed by atoms with van der Waals surface area (Å²) in [7, 11) is 0. The molecule has 0 aliphatic rings. The lowest BCUT2D eigenvalue weighted by Gasteiger charge is -2.11. The Morgan fingerprint density at radius 1 is 1.03 bits per heavy atom. The van der Waals surface area contributed by atoms with Crippen molar-refractivity contribution in [3.63, 3.8) is 0 Å². The van der Waals surface area contributed by atoms with Crippen LogP contribution in [-0.4, -0.2) is 33.6 Å². The Kier molecular flexibility index (Phi) is 7.12. The number of nitrogens with one attached hydrogen (secondary N) is 1. The first-order valence-corrected chi connectivity index (χ1v) is 11.0. The van der Waals surface area contributed by atoms with Crippen LogP contribution in [0.2, 0.25) is 0 Å². The third kappa shape index (κ3) is 5.52. The topological polar surface area (TPSA) is 69.0 Å². The van der Waals surface area contributed by atoms with E-state index in [1.807, 2.05) is 36.4 Å². The second-order valence-corrected chi connectivity index (χ2v) is 7.76. The molecule has 0 spiro atoms. The molecule has 0 unspecified atom stereocenters. The number of hydrogen-bond acceptors (Lipinski definition) is 4. The number of rotatable bonds is 10. The monoisotopic (exact) mass is 428 g/mol. The number of imidazole rings is 1. The average molecular weight is 429 g/mol.